The summed E-state index contributed by atoms with van der Waals surface area (Å²) in [6, 6.07) is -3.25. The summed E-state index contributed by atoms with van der Waals surface area (Å²) < 4.78 is 70.9. The number of amides is 3. The average molecular weight is 528 g/mol. The molecule has 0 aromatic carbocycles. The van der Waals surface area contributed by atoms with E-state index in [-0.39, 0.29) is 31.2 Å². The van der Waals surface area contributed by atoms with Crippen LogP contribution >= 0.6 is 0 Å². The van der Waals surface area contributed by atoms with Crippen molar-refractivity contribution in [3.63, 3.8) is 0 Å². The van der Waals surface area contributed by atoms with Gasteiger partial charge in [0, 0.05) is 32.0 Å². The Kier molecular flexibility index (Phi) is 9.83. The third-order valence-electron chi connectivity index (χ3n) is 6.63. The van der Waals surface area contributed by atoms with Crippen LogP contribution in [0.15, 0.2) is 0 Å². The molecule has 2 saturated heterocycles. The number of halogens is 5. The van der Waals surface area contributed by atoms with Crippen LogP contribution in [0, 0.1) is 17.8 Å². The summed E-state index contributed by atoms with van der Waals surface area (Å²) in [6.45, 7) is 7.73. The van der Waals surface area contributed by atoms with Crippen molar-refractivity contribution in [2.24, 2.45) is 17.8 Å². The highest BCUT2D eigenvalue weighted by Gasteiger charge is 2.64. The van der Waals surface area contributed by atoms with E-state index < -0.39 is 53.6 Å². The highest BCUT2D eigenvalue weighted by atomic mass is 19.4. The predicted molar refractivity (Wildman–Crippen MR) is 118 cm³/mol. The fourth-order valence-electron chi connectivity index (χ4n) is 4.37. The van der Waals surface area contributed by atoms with Crippen molar-refractivity contribution in [1.29, 1.82) is 0 Å². The number of nitrogens with zero attached hydrogens (tertiary/aromatic N) is 2. The van der Waals surface area contributed by atoms with Gasteiger partial charge in [0.25, 0.3) is 0 Å². The maximum atomic E-state index is 13.7. The summed E-state index contributed by atoms with van der Waals surface area (Å²) in [7, 11) is 0. The van der Waals surface area contributed by atoms with Crippen molar-refractivity contribution in [1.82, 2.24) is 15.1 Å². The van der Waals surface area contributed by atoms with E-state index in [4.69, 9.17) is 4.74 Å². The fraction of sp³-hybridized carbons (Fsp3) is 0.826. The number of hydrogen-bond donors (Lipinski definition) is 1. The molecule has 36 heavy (non-hydrogen) atoms. The van der Waals surface area contributed by atoms with Crippen LogP contribution in [0.2, 0.25) is 0 Å². The number of nitrogens with one attached hydrogen (secondary N) is 1. The second kappa shape index (κ2) is 11.8. The number of alkyl halides is 5. The van der Waals surface area contributed by atoms with Gasteiger partial charge in [0.2, 0.25) is 23.5 Å². The first-order valence-electron chi connectivity index (χ1n) is 12.0. The maximum Gasteiger partial charge on any atom is 0.461 e. The minimum atomic E-state index is -6.10. The lowest BCUT2D eigenvalue weighted by atomic mass is 9.90. The molecule has 1 N–H and O–H groups in total. The Balaban J connectivity index is 2.16. The van der Waals surface area contributed by atoms with Crippen LogP contribution in [0.5, 0.6) is 0 Å². The van der Waals surface area contributed by atoms with Crippen LogP contribution in [0.4, 0.5) is 22.0 Å². The van der Waals surface area contributed by atoms with Crippen LogP contribution in [0.25, 0.3) is 0 Å². The molecule has 13 heteroatoms. The number of rotatable bonds is 9. The van der Waals surface area contributed by atoms with Gasteiger partial charge >= 0.3 is 12.1 Å². The predicted octanol–water partition coefficient (Wildman–Crippen LogP) is 2.41. The monoisotopic (exact) mass is 527 g/mol. The number of morpholine rings is 1. The molecule has 3 amide bonds. The summed E-state index contributed by atoms with van der Waals surface area (Å²) in [5.41, 5.74) is 0. The average Bonchev–Trinajstić information content (AvgIpc) is 3.29. The molecule has 0 aromatic rings. The van der Waals surface area contributed by atoms with Crippen LogP contribution in [-0.4, -0.2) is 90.3 Å². The van der Waals surface area contributed by atoms with Crippen LogP contribution in [-0.2, 0) is 23.9 Å². The van der Waals surface area contributed by atoms with Gasteiger partial charge in [-0.3, -0.25) is 19.2 Å². The number of hydrogen-bond acceptors (Lipinski definition) is 5. The molecule has 0 spiro atoms. The SMILES string of the molecule is CC(C)C(NC(=O)[C@@H]1CCCN1C(=O)[C@@H](CC(=O)N1CCOCC1)C(C)C)C(=O)C(F)(F)C(F)(F)F. The summed E-state index contributed by atoms with van der Waals surface area (Å²) in [6.07, 6.45) is -5.65. The van der Waals surface area contributed by atoms with Gasteiger partial charge in [-0.2, -0.15) is 22.0 Å². The molecule has 0 saturated carbocycles. The van der Waals surface area contributed by atoms with Crippen LogP contribution in [0.1, 0.15) is 47.0 Å². The molecule has 3 atom stereocenters. The van der Waals surface area contributed by atoms with Gasteiger partial charge in [0.15, 0.2) is 0 Å². The second-order valence-corrected chi connectivity index (χ2v) is 9.90. The fourth-order valence-corrected chi connectivity index (χ4v) is 4.37. The highest BCUT2D eigenvalue weighted by molar-refractivity contribution is 5.97. The van der Waals surface area contributed by atoms with Gasteiger partial charge in [-0.05, 0) is 24.7 Å². The number of carbonyl (C=O) groups excluding carboxylic acids is 4. The molecule has 2 rings (SSSR count). The van der Waals surface area contributed by atoms with Crippen molar-refractivity contribution in [2.75, 3.05) is 32.8 Å². The van der Waals surface area contributed by atoms with Gasteiger partial charge in [-0.25, -0.2) is 0 Å². The number of ether oxygens (including phenoxy) is 1. The van der Waals surface area contributed by atoms with Crippen molar-refractivity contribution in [2.45, 2.75) is 71.1 Å². The van der Waals surface area contributed by atoms with Crippen LogP contribution < -0.4 is 5.32 Å². The Labute approximate surface area is 206 Å². The summed E-state index contributed by atoms with van der Waals surface area (Å²) >= 11 is 0. The van der Waals surface area contributed by atoms with Gasteiger partial charge in [0.05, 0.1) is 19.3 Å². The van der Waals surface area contributed by atoms with Crippen molar-refractivity contribution in [3.05, 3.63) is 0 Å². The van der Waals surface area contributed by atoms with Gasteiger partial charge in [-0.1, -0.05) is 27.7 Å². The maximum absolute atomic E-state index is 13.7. The zero-order chi connectivity index (χ0) is 27.4. The van der Waals surface area contributed by atoms with Gasteiger partial charge < -0.3 is 19.9 Å². The molecular formula is C23H34F5N3O5. The Hall–Kier alpha value is -2.31. The number of likely N-dealkylation sites (tertiary alicyclic amines) is 1. The first-order valence-corrected chi connectivity index (χ1v) is 12.0. The number of ketones is 1. The molecule has 8 nitrogen and oxygen atoms in total. The van der Waals surface area contributed by atoms with E-state index >= 15 is 0 Å². The first kappa shape index (κ1) is 29.9. The minimum Gasteiger partial charge on any atom is -0.378 e. The molecular weight excluding hydrogens is 493 g/mol. The van der Waals surface area contributed by atoms with Crippen molar-refractivity contribution >= 4 is 23.5 Å². The standard InChI is InChI=1S/C23H34F5N3O5/c1-13(2)15(12-17(32)30-8-10-36-11-9-30)21(35)31-7-5-6-16(31)20(34)29-18(14(3)4)19(33)22(24,25)23(26,27)28/h13-16,18H,5-12H2,1-4H3,(H,29,34)/t15-,16-,18?/m0/s1. The molecule has 1 unspecified atom stereocenters. The Morgan fingerprint density at radius 2 is 1.53 bits per heavy atom. The van der Waals surface area contributed by atoms with E-state index in [0.717, 1.165) is 0 Å². The van der Waals surface area contributed by atoms with Crippen molar-refractivity contribution in [3.8, 4) is 0 Å². The summed E-state index contributed by atoms with van der Waals surface area (Å²) in [5, 5.41) is 2.03. The molecule has 2 aliphatic rings. The van der Waals surface area contributed by atoms with E-state index in [9.17, 15) is 41.1 Å². The molecule has 2 aliphatic heterocycles. The van der Waals surface area contributed by atoms with E-state index in [0.29, 0.717) is 32.7 Å². The van der Waals surface area contributed by atoms with E-state index in [2.05, 4.69) is 0 Å². The minimum absolute atomic E-state index is 0.0910. The molecule has 0 radical (unpaired) electrons. The quantitative estimate of drug-likeness (QED) is 0.465. The lowest BCUT2D eigenvalue weighted by Crippen LogP contribution is -2.59. The molecule has 0 aliphatic carbocycles. The number of carbonyl (C=O) groups is 4. The second-order valence-electron chi connectivity index (χ2n) is 9.90. The third kappa shape index (κ3) is 6.71. The summed E-state index contributed by atoms with van der Waals surface area (Å²) in [4.78, 5) is 54.0. The normalized spacial score (nSPS) is 21.0. The Morgan fingerprint density at radius 1 is 0.944 bits per heavy atom. The van der Waals surface area contributed by atoms with Gasteiger partial charge in [-0.15, -0.1) is 0 Å². The smallest absolute Gasteiger partial charge is 0.378 e. The zero-order valence-corrected chi connectivity index (χ0v) is 20.9. The van der Waals surface area contributed by atoms with E-state index in [1.165, 1.54) is 18.7 Å². The van der Waals surface area contributed by atoms with Crippen LogP contribution in [0.3, 0.4) is 0 Å². The largest absolute Gasteiger partial charge is 0.461 e. The Morgan fingerprint density at radius 3 is 2.03 bits per heavy atom. The molecule has 0 aromatic heterocycles. The lowest BCUT2D eigenvalue weighted by molar-refractivity contribution is -0.270. The summed E-state index contributed by atoms with van der Waals surface area (Å²) in [5.74, 6) is -11.9. The first-order chi connectivity index (χ1) is 16.6. The van der Waals surface area contributed by atoms with Gasteiger partial charge in [0.1, 0.15) is 6.04 Å². The third-order valence-corrected chi connectivity index (χ3v) is 6.63. The van der Waals surface area contributed by atoms with E-state index in [1.54, 1.807) is 18.7 Å². The van der Waals surface area contributed by atoms with E-state index in [1.807, 2.05) is 5.32 Å². The zero-order valence-electron chi connectivity index (χ0n) is 20.9. The lowest BCUT2D eigenvalue weighted by Gasteiger charge is -2.33. The number of Topliss-reactive ketones (excluding diaryl/α,β-unsaturated/α-hetero) is 1. The topological polar surface area (TPSA) is 96.0 Å². The molecule has 2 heterocycles. The molecule has 206 valence electrons. The molecule has 0 bridgehead atoms. The molecule has 2 fully saturated rings. The highest BCUT2D eigenvalue weighted by Crippen LogP contribution is 2.37. The Bertz CT molecular complexity index is 827. The van der Waals surface area contributed by atoms with Crippen molar-refractivity contribution < 1.29 is 45.9 Å².